The zero-order valence-corrected chi connectivity index (χ0v) is 20.2. The zero-order chi connectivity index (χ0) is 25.2. The normalized spacial score (nSPS) is 11.0. The molecule has 0 atom stereocenters. The summed E-state index contributed by atoms with van der Waals surface area (Å²) in [4.78, 5) is 24.1. The van der Waals surface area contributed by atoms with E-state index in [2.05, 4.69) is 10.5 Å². The SMILES string of the molecule is COc1ccc(/C=C/C(=O)Oc2ccc(/C=N/NC(=O)COc3c(C)ccc(C)c3C)cc2)cc1. The van der Waals surface area contributed by atoms with Crippen molar-refractivity contribution in [2.45, 2.75) is 20.8 Å². The van der Waals surface area contributed by atoms with Crippen LogP contribution in [0.2, 0.25) is 0 Å². The van der Waals surface area contributed by atoms with Crippen LogP contribution in [0.3, 0.4) is 0 Å². The molecule has 0 fully saturated rings. The van der Waals surface area contributed by atoms with Crippen LogP contribution in [-0.2, 0) is 9.59 Å². The summed E-state index contributed by atoms with van der Waals surface area (Å²) in [6.07, 6.45) is 4.52. The number of hydrazone groups is 1. The molecule has 0 aliphatic carbocycles. The van der Waals surface area contributed by atoms with Crippen molar-refractivity contribution in [3.63, 3.8) is 0 Å². The maximum atomic E-state index is 12.1. The Kier molecular flexibility index (Phi) is 8.78. The second kappa shape index (κ2) is 12.2. The summed E-state index contributed by atoms with van der Waals surface area (Å²) >= 11 is 0. The molecule has 3 aromatic carbocycles. The zero-order valence-electron chi connectivity index (χ0n) is 20.2. The van der Waals surface area contributed by atoms with Crippen LogP contribution in [0.25, 0.3) is 6.08 Å². The topological polar surface area (TPSA) is 86.2 Å². The molecule has 0 saturated carbocycles. The molecule has 0 unspecified atom stereocenters. The van der Waals surface area contributed by atoms with Gasteiger partial charge in [0.2, 0.25) is 0 Å². The van der Waals surface area contributed by atoms with Crippen LogP contribution in [-0.4, -0.2) is 31.8 Å². The lowest BCUT2D eigenvalue weighted by Gasteiger charge is -2.13. The molecule has 0 saturated heterocycles. The molecule has 0 aliphatic rings. The average Bonchev–Trinajstić information content (AvgIpc) is 2.86. The number of nitrogens with one attached hydrogen (secondary N) is 1. The fraction of sp³-hybridized carbons (Fsp3) is 0.179. The summed E-state index contributed by atoms with van der Waals surface area (Å²) < 4.78 is 16.1. The Labute approximate surface area is 205 Å². The number of hydrogen-bond acceptors (Lipinski definition) is 6. The van der Waals surface area contributed by atoms with Gasteiger partial charge in [-0.1, -0.05) is 24.3 Å². The number of carbonyl (C=O) groups is 2. The van der Waals surface area contributed by atoms with E-state index < -0.39 is 5.97 Å². The van der Waals surface area contributed by atoms with Gasteiger partial charge in [-0.2, -0.15) is 5.10 Å². The average molecular weight is 473 g/mol. The summed E-state index contributed by atoms with van der Waals surface area (Å²) in [7, 11) is 1.60. The lowest BCUT2D eigenvalue weighted by atomic mass is 10.1. The van der Waals surface area contributed by atoms with E-state index in [-0.39, 0.29) is 12.5 Å². The number of ether oxygens (including phenoxy) is 3. The van der Waals surface area contributed by atoms with Gasteiger partial charge in [0.05, 0.1) is 13.3 Å². The second-order valence-corrected chi connectivity index (χ2v) is 7.83. The minimum Gasteiger partial charge on any atom is -0.497 e. The Hall–Kier alpha value is -4.39. The van der Waals surface area contributed by atoms with Gasteiger partial charge in [0.1, 0.15) is 17.2 Å². The van der Waals surface area contributed by atoms with Crippen LogP contribution >= 0.6 is 0 Å². The van der Waals surface area contributed by atoms with E-state index in [0.29, 0.717) is 11.5 Å². The van der Waals surface area contributed by atoms with Crippen LogP contribution in [0.4, 0.5) is 0 Å². The first-order chi connectivity index (χ1) is 16.9. The number of rotatable bonds is 9. The van der Waals surface area contributed by atoms with Crippen LogP contribution < -0.4 is 19.6 Å². The smallest absolute Gasteiger partial charge is 0.336 e. The highest BCUT2D eigenvalue weighted by Gasteiger charge is 2.09. The van der Waals surface area contributed by atoms with Gasteiger partial charge >= 0.3 is 5.97 Å². The highest BCUT2D eigenvalue weighted by molar-refractivity contribution is 5.89. The predicted octanol–water partition coefficient (Wildman–Crippen LogP) is 4.77. The number of nitrogens with zero attached hydrogens (tertiary/aromatic N) is 1. The van der Waals surface area contributed by atoms with Crippen molar-refractivity contribution < 1.29 is 23.8 Å². The van der Waals surface area contributed by atoms with Crippen LogP contribution in [0.1, 0.15) is 27.8 Å². The van der Waals surface area contributed by atoms with Crippen molar-refractivity contribution in [1.82, 2.24) is 5.43 Å². The van der Waals surface area contributed by atoms with Gasteiger partial charge in [-0.25, -0.2) is 10.2 Å². The Balaban J connectivity index is 1.45. The van der Waals surface area contributed by atoms with Crippen LogP contribution in [0.5, 0.6) is 17.2 Å². The number of aryl methyl sites for hydroxylation is 2. The number of esters is 1. The number of carbonyl (C=O) groups excluding carboxylic acids is 2. The Morgan fingerprint density at radius 2 is 1.49 bits per heavy atom. The third kappa shape index (κ3) is 7.57. The molecule has 7 heteroatoms. The van der Waals surface area contributed by atoms with Crippen molar-refractivity contribution in [2.24, 2.45) is 5.10 Å². The van der Waals surface area contributed by atoms with E-state index >= 15 is 0 Å². The summed E-state index contributed by atoms with van der Waals surface area (Å²) in [5.41, 5.74) is 7.11. The first-order valence-corrected chi connectivity index (χ1v) is 11.0. The Morgan fingerprint density at radius 3 is 2.17 bits per heavy atom. The number of benzene rings is 3. The van der Waals surface area contributed by atoms with Crippen molar-refractivity contribution in [1.29, 1.82) is 0 Å². The second-order valence-electron chi connectivity index (χ2n) is 7.83. The van der Waals surface area contributed by atoms with Gasteiger partial charge in [0, 0.05) is 6.08 Å². The Bertz CT molecular complexity index is 1230. The first-order valence-electron chi connectivity index (χ1n) is 11.0. The van der Waals surface area contributed by atoms with Gasteiger partial charge < -0.3 is 14.2 Å². The monoisotopic (exact) mass is 472 g/mol. The van der Waals surface area contributed by atoms with Gasteiger partial charge in [-0.15, -0.1) is 0 Å². The lowest BCUT2D eigenvalue weighted by molar-refractivity contribution is -0.129. The van der Waals surface area contributed by atoms with E-state index in [9.17, 15) is 9.59 Å². The third-order valence-corrected chi connectivity index (χ3v) is 5.25. The maximum Gasteiger partial charge on any atom is 0.336 e. The van der Waals surface area contributed by atoms with Crippen molar-refractivity contribution in [3.05, 3.63) is 94.6 Å². The summed E-state index contributed by atoms with van der Waals surface area (Å²) in [6.45, 7) is 5.76. The highest BCUT2D eigenvalue weighted by atomic mass is 16.5. The van der Waals surface area contributed by atoms with Crippen molar-refractivity contribution >= 4 is 24.2 Å². The number of amides is 1. The maximum absolute atomic E-state index is 12.1. The van der Waals surface area contributed by atoms with E-state index in [1.165, 1.54) is 12.3 Å². The van der Waals surface area contributed by atoms with E-state index in [1.807, 2.05) is 57.2 Å². The predicted molar refractivity (Wildman–Crippen MR) is 136 cm³/mol. The van der Waals surface area contributed by atoms with Crippen LogP contribution in [0, 0.1) is 20.8 Å². The standard InChI is InChI=1S/C28H28N2O5/c1-19-5-6-20(2)28(21(19)3)34-18-26(31)30-29-17-23-9-14-25(15-10-23)35-27(32)16-11-22-7-12-24(33-4)13-8-22/h5-17H,18H2,1-4H3,(H,30,31)/b16-11+,29-17+. The largest absolute Gasteiger partial charge is 0.497 e. The van der Waals surface area contributed by atoms with E-state index in [4.69, 9.17) is 14.2 Å². The van der Waals surface area contributed by atoms with E-state index in [1.54, 1.807) is 37.5 Å². The van der Waals surface area contributed by atoms with Gasteiger partial charge in [0.15, 0.2) is 6.61 Å². The van der Waals surface area contributed by atoms with Crippen LogP contribution in [0.15, 0.2) is 71.8 Å². The molecule has 1 amide bonds. The summed E-state index contributed by atoms with van der Waals surface area (Å²) in [6, 6.07) is 18.0. The molecule has 0 bridgehead atoms. The molecule has 0 heterocycles. The summed E-state index contributed by atoms with van der Waals surface area (Å²) in [5.74, 6) is 0.999. The molecule has 35 heavy (non-hydrogen) atoms. The Morgan fingerprint density at radius 1 is 0.857 bits per heavy atom. The molecule has 3 aromatic rings. The fourth-order valence-corrected chi connectivity index (χ4v) is 3.15. The molecule has 3 rings (SSSR count). The number of methoxy groups -OCH3 is 1. The molecule has 0 aromatic heterocycles. The molecule has 0 aliphatic heterocycles. The van der Waals surface area contributed by atoms with Gasteiger partial charge in [-0.05, 0) is 91.1 Å². The van der Waals surface area contributed by atoms with Crippen molar-refractivity contribution in [2.75, 3.05) is 13.7 Å². The van der Waals surface area contributed by atoms with Crippen molar-refractivity contribution in [3.8, 4) is 17.2 Å². The molecule has 180 valence electrons. The molecule has 1 N–H and O–H groups in total. The quantitative estimate of drug-likeness (QED) is 0.159. The molecule has 7 nitrogen and oxygen atoms in total. The van der Waals surface area contributed by atoms with Gasteiger partial charge in [0.25, 0.3) is 5.91 Å². The molecule has 0 radical (unpaired) electrons. The molecular formula is C28H28N2O5. The highest BCUT2D eigenvalue weighted by Crippen LogP contribution is 2.25. The lowest BCUT2D eigenvalue weighted by Crippen LogP contribution is -2.25. The number of hydrogen-bond donors (Lipinski definition) is 1. The fourth-order valence-electron chi connectivity index (χ4n) is 3.15. The molecule has 0 spiro atoms. The van der Waals surface area contributed by atoms with E-state index in [0.717, 1.165) is 33.6 Å². The first kappa shape index (κ1) is 25.2. The minimum absolute atomic E-state index is 0.137. The van der Waals surface area contributed by atoms with Gasteiger partial charge in [-0.3, -0.25) is 4.79 Å². The summed E-state index contributed by atoms with van der Waals surface area (Å²) in [5, 5.41) is 3.95. The minimum atomic E-state index is -0.492. The third-order valence-electron chi connectivity index (χ3n) is 5.25. The molecular weight excluding hydrogens is 444 g/mol.